The fraction of sp³-hybridized carbons (Fsp3) is 0.0588. The fourth-order valence-corrected chi connectivity index (χ4v) is 2.98. The number of fused-ring (bicyclic) bond motifs is 5. The second-order valence-corrected chi connectivity index (χ2v) is 4.99. The molecule has 4 aromatic rings. The van der Waals surface area contributed by atoms with Gasteiger partial charge in [0, 0.05) is 10.9 Å². The van der Waals surface area contributed by atoms with Crippen molar-refractivity contribution in [2.45, 2.75) is 6.42 Å². The first kappa shape index (κ1) is 11.7. The molecular weight excluding hydrogens is 262 g/mol. The lowest BCUT2D eigenvalue weighted by molar-refractivity contribution is 1.17. The number of aromatic nitrogens is 2. The first-order chi connectivity index (χ1) is 10.3. The molecular formula is C17H11N3O. The van der Waals surface area contributed by atoms with E-state index in [2.05, 4.69) is 11.1 Å². The summed E-state index contributed by atoms with van der Waals surface area (Å²) in [7, 11) is 0. The van der Waals surface area contributed by atoms with Gasteiger partial charge in [-0.15, -0.1) is 0 Å². The average molecular weight is 273 g/mol. The quantitative estimate of drug-likeness (QED) is 0.579. The van der Waals surface area contributed by atoms with Crippen LogP contribution < -0.4 is 5.56 Å². The smallest absolute Gasteiger partial charge is 0.258 e. The van der Waals surface area contributed by atoms with Crippen molar-refractivity contribution in [2.75, 3.05) is 0 Å². The summed E-state index contributed by atoms with van der Waals surface area (Å²) in [6.45, 7) is 0. The highest BCUT2D eigenvalue weighted by atomic mass is 16.1. The molecule has 1 N–H and O–H groups in total. The number of H-pyrrole nitrogens is 1. The zero-order valence-corrected chi connectivity index (χ0v) is 11.1. The number of nitrogens with one attached hydrogen (secondary N) is 1. The summed E-state index contributed by atoms with van der Waals surface area (Å²) < 4.78 is 2.03. The predicted octanol–water partition coefficient (Wildman–Crippen LogP) is 3.00. The van der Waals surface area contributed by atoms with Crippen LogP contribution in [0.25, 0.3) is 27.5 Å². The lowest BCUT2D eigenvalue weighted by atomic mass is 10.1. The van der Waals surface area contributed by atoms with Crippen LogP contribution in [-0.4, -0.2) is 9.38 Å². The van der Waals surface area contributed by atoms with Crippen molar-refractivity contribution in [1.82, 2.24) is 9.38 Å². The molecule has 2 aromatic carbocycles. The van der Waals surface area contributed by atoms with E-state index in [0.29, 0.717) is 11.0 Å². The predicted molar refractivity (Wildman–Crippen MR) is 82.3 cm³/mol. The SMILES string of the molecule is N#CCc1c2ccccc2n2c1[nH]c(=O)c1ccccc12. The second kappa shape index (κ2) is 4.22. The van der Waals surface area contributed by atoms with Crippen LogP contribution in [-0.2, 0) is 6.42 Å². The van der Waals surface area contributed by atoms with Gasteiger partial charge < -0.3 is 4.98 Å². The summed E-state index contributed by atoms with van der Waals surface area (Å²) in [5.41, 5.74) is 3.32. The lowest BCUT2D eigenvalue weighted by Crippen LogP contribution is -2.09. The van der Waals surface area contributed by atoms with E-state index in [1.54, 1.807) is 0 Å². The maximum absolute atomic E-state index is 12.3. The molecule has 0 saturated heterocycles. The van der Waals surface area contributed by atoms with Crippen molar-refractivity contribution in [1.29, 1.82) is 5.26 Å². The molecule has 0 bridgehead atoms. The zero-order valence-electron chi connectivity index (χ0n) is 11.1. The largest absolute Gasteiger partial charge is 0.307 e. The summed E-state index contributed by atoms with van der Waals surface area (Å²) in [4.78, 5) is 15.2. The van der Waals surface area contributed by atoms with Gasteiger partial charge in [-0.3, -0.25) is 9.20 Å². The summed E-state index contributed by atoms with van der Waals surface area (Å²) in [5.74, 6) is 0. The molecule has 4 rings (SSSR count). The highest BCUT2D eigenvalue weighted by molar-refractivity contribution is 5.96. The van der Waals surface area contributed by atoms with Gasteiger partial charge in [-0.05, 0) is 18.2 Å². The van der Waals surface area contributed by atoms with Gasteiger partial charge in [-0.25, -0.2) is 0 Å². The van der Waals surface area contributed by atoms with Crippen molar-refractivity contribution >= 4 is 27.5 Å². The molecule has 0 atom stereocenters. The summed E-state index contributed by atoms with van der Waals surface area (Å²) in [6, 6.07) is 17.6. The van der Waals surface area contributed by atoms with E-state index in [-0.39, 0.29) is 12.0 Å². The van der Waals surface area contributed by atoms with Crippen LogP contribution in [0.3, 0.4) is 0 Å². The Morgan fingerprint density at radius 3 is 2.33 bits per heavy atom. The highest BCUT2D eigenvalue weighted by Gasteiger charge is 2.14. The van der Waals surface area contributed by atoms with Gasteiger partial charge in [0.1, 0.15) is 5.65 Å². The van der Waals surface area contributed by atoms with Crippen molar-refractivity contribution < 1.29 is 0 Å². The molecule has 4 nitrogen and oxygen atoms in total. The van der Waals surface area contributed by atoms with Crippen molar-refractivity contribution in [2.24, 2.45) is 0 Å². The second-order valence-electron chi connectivity index (χ2n) is 4.99. The summed E-state index contributed by atoms with van der Waals surface area (Å²) in [6.07, 6.45) is 0.269. The molecule has 0 aliphatic heterocycles. The molecule has 0 fully saturated rings. The maximum atomic E-state index is 12.3. The molecule has 0 unspecified atom stereocenters. The third kappa shape index (κ3) is 1.52. The molecule has 2 aromatic heterocycles. The Hall–Kier alpha value is -3.06. The number of para-hydroxylation sites is 2. The van der Waals surface area contributed by atoms with Crippen LogP contribution >= 0.6 is 0 Å². The Bertz CT molecular complexity index is 1100. The summed E-state index contributed by atoms with van der Waals surface area (Å²) in [5, 5.41) is 10.7. The molecule has 0 spiro atoms. The van der Waals surface area contributed by atoms with Gasteiger partial charge in [-0.2, -0.15) is 5.26 Å². The topological polar surface area (TPSA) is 61.1 Å². The number of hydrogen-bond acceptors (Lipinski definition) is 2. The minimum atomic E-state index is -0.125. The molecule has 2 heterocycles. The van der Waals surface area contributed by atoms with Gasteiger partial charge >= 0.3 is 0 Å². The molecule has 0 amide bonds. The van der Waals surface area contributed by atoms with E-state index in [1.807, 2.05) is 52.9 Å². The van der Waals surface area contributed by atoms with Crippen molar-refractivity contribution in [3.8, 4) is 6.07 Å². The normalized spacial score (nSPS) is 11.2. The van der Waals surface area contributed by atoms with E-state index in [4.69, 9.17) is 5.26 Å². The lowest BCUT2D eigenvalue weighted by Gasteiger charge is -2.03. The van der Waals surface area contributed by atoms with Crippen LogP contribution in [0, 0.1) is 11.3 Å². The molecule has 0 saturated carbocycles. The first-order valence-electron chi connectivity index (χ1n) is 6.71. The minimum Gasteiger partial charge on any atom is -0.307 e. The Kier molecular flexibility index (Phi) is 2.36. The van der Waals surface area contributed by atoms with Crippen LogP contribution in [0.15, 0.2) is 53.3 Å². The Morgan fingerprint density at radius 2 is 1.62 bits per heavy atom. The van der Waals surface area contributed by atoms with Crippen LogP contribution in [0.5, 0.6) is 0 Å². The molecule has 0 radical (unpaired) electrons. The van der Waals surface area contributed by atoms with E-state index in [1.165, 1.54) is 0 Å². The van der Waals surface area contributed by atoms with E-state index >= 15 is 0 Å². The highest BCUT2D eigenvalue weighted by Crippen LogP contribution is 2.28. The monoisotopic (exact) mass is 273 g/mol. The van der Waals surface area contributed by atoms with E-state index in [9.17, 15) is 4.79 Å². The standard InChI is InChI=1S/C17H11N3O/c18-10-9-12-11-5-1-3-7-14(11)20-15-8-4-2-6-13(15)17(21)19-16(12)20/h1-8H,9H2,(H,19,21). The third-order valence-electron chi connectivity index (χ3n) is 3.86. The molecule has 4 heteroatoms. The number of rotatable bonds is 1. The Balaban J connectivity index is 2.38. The van der Waals surface area contributed by atoms with Crippen molar-refractivity contribution in [3.05, 3.63) is 64.4 Å². The fourth-order valence-electron chi connectivity index (χ4n) is 2.98. The third-order valence-corrected chi connectivity index (χ3v) is 3.86. The first-order valence-corrected chi connectivity index (χ1v) is 6.71. The van der Waals surface area contributed by atoms with E-state index in [0.717, 1.165) is 22.0 Å². The number of nitriles is 1. The number of benzene rings is 2. The Morgan fingerprint density at radius 1 is 1.00 bits per heavy atom. The maximum Gasteiger partial charge on any atom is 0.258 e. The van der Waals surface area contributed by atoms with Gasteiger partial charge in [0.15, 0.2) is 0 Å². The van der Waals surface area contributed by atoms with Crippen LogP contribution in [0.1, 0.15) is 5.56 Å². The average Bonchev–Trinajstić information content (AvgIpc) is 2.83. The molecule has 0 aliphatic rings. The number of nitrogens with zero attached hydrogens (tertiary/aromatic N) is 2. The molecule has 21 heavy (non-hydrogen) atoms. The minimum absolute atomic E-state index is 0.125. The Labute approximate surface area is 119 Å². The van der Waals surface area contributed by atoms with Gasteiger partial charge in [0.25, 0.3) is 5.56 Å². The van der Waals surface area contributed by atoms with Gasteiger partial charge in [0.2, 0.25) is 0 Å². The summed E-state index contributed by atoms with van der Waals surface area (Å²) >= 11 is 0. The van der Waals surface area contributed by atoms with Crippen LogP contribution in [0.4, 0.5) is 0 Å². The van der Waals surface area contributed by atoms with Crippen LogP contribution in [0.2, 0.25) is 0 Å². The number of hydrogen-bond donors (Lipinski definition) is 1. The van der Waals surface area contributed by atoms with Crippen molar-refractivity contribution in [3.63, 3.8) is 0 Å². The molecule has 0 aliphatic carbocycles. The number of aromatic amines is 1. The van der Waals surface area contributed by atoms with E-state index < -0.39 is 0 Å². The zero-order chi connectivity index (χ0) is 14.4. The van der Waals surface area contributed by atoms with Gasteiger partial charge in [0.05, 0.1) is 28.9 Å². The molecule has 100 valence electrons. The van der Waals surface area contributed by atoms with Gasteiger partial charge in [-0.1, -0.05) is 30.3 Å².